The van der Waals surface area contributed by atoms with Gasteiger partial charge in [0.2, 0.25) is 10.0 Å². The highest BCUT2D eigenvalue weighted by atomic mass is 35.5. The number of rotatable bonds is 3. The van der Waals surface area contributed by atoms with Crippen LogP contribution in [-0.2, 0) is 10.0 Å². The molecule has 0 aliphatic carbocycles. The van der Waals surface area contributed by atoms with Crippen molar-refractivity contribution >= 4 is 21.6 Å². The second-order valence-corrected chi connectivity index (χ2v) is 7.74. The lowest BCUT2D eigenvalue weighted by atomic mass is 10.1. The molecule has 1 atom stereocenters. The Labute approximate surface area is 144 Å². The lowest BCUT2D eigenvalue weighted by molar-refractivity contribution is 0.270. The molecule has 24 heavy (non-hydrogen) atoms. The van der Waals surface area contributed by atoms with Crippen molar-refractivity contribution in [1.82, 2.24) is 9.62 Å². The van der Waals surface area contributed by atoms with Gasteiger partial charge in [0, 0.05) is 24.7 Å². The first-order valence-corrected chi connectivity index (χ1v) is 9.15. The maximum absolute atomic E-state index is 14.0. The van der Waals surface area contributed by atoms with Crippen LogP contribution in [0.2, 0.25) is 5.02 Å². The van der Waals surface area contributed by atoms with E-state index >= 15 is 0 Å². The number of sulfonamides is 1. The number of benzene rings is 2. The first-order chi connectivity index (χ1) is 11.4. The minimum atomic E-state index is -4.19. The molecule has 2 aromatic carbocycles. The molecule has 0 radical (unpaired) electrons. The predicted molar refractivity (Wildman–Crippen MR) is 87.3 cm³/mol. The summed E-state index contributed by atoms with van der Waals surface area (Å²) < 4.78 is 54.5. The molecule has 3 rings (SSSR count). The SMILES string of the molecule is O=S(=O)(c1cccc(F)c1F)N1CCNCC1c1cccc(Cl)c1. The van der Waals surface area contributed by atoms with Crippen molar-refractivity contribution in [1.29, 1.82) is 0 Å². The first-order valence-electron chi connectivity index (χ1n) is 7.33. The van der Waals surface area contributed by atoms with E-state index < -0.39 is 32.6 Å². The zero-order valence-corrected chi connectivity index (χ0v) is 14.1. The summed E-state index contributed by atoms with van der Waals surface area (Å²) in [6.45, 7) is 0.930. The maximum Gasteiger partial charge on any atom is 0.246 e. The molecule has 0 amide bonds. The molecule has 1 saturated heterocycles. The second kappa shape index (κ2) is 6.76. The highest BCUT2D eigenvalue weighted by Gasteiger charge is 2.36. The Bertz CT molecular complexity index is 861. The van der Waals surface area contributed by atoms with Gasteiger partial charge in [0.05, 0.1) is 6.04 Å². The first kappa shape index (κ1) is 17.3. The van der Waals surface area contributed by atoms with Crippen molar-refractivity contribution in [2.75, 3.05) is 19.6 Å². The van der Waals surface area contributed by atoms with Crippen molar-refractivity contribution < 1.29 is 17.2 Å². The fourth-order valence-corrected chi connectivity index (χ4v) is 4.67. The number of nitrogens with one attached hydrogen (secondary N) is 1. The van der Waals surface area contributed by atoms with Crippen molar-refractivity contribution in [2.45, 2.75) is 10.9 Å². The van der Waals surface area contributed by atoms with Gasteiger partial charge in [-0.2, -0.15) is 4.31 Å². The monoisotopic (exact) mass is 372 g/mol. The van der Waals surface area contributed by atoms with E-state index in [0.717, 1.165) is 12.1 Å². The molecule has 2 aromatic rings. The Kier molecular flexibility index (Phi) is 4.87. The highest BCUT2D eigenvalue weighted by molar-refractivity contribution is 7.89. The third kappa shape index (κ3) is 3.17. The minimum Gasteiger partial charge on any atom is -0.313 e. The molecule has 1 fully saturated rings. The molecule has 1 N–H and O–H groups in total. The Hall–Kier alpha value is -1.54. The summed E-state index contributed by atoms with van der Waals surface area (Å²) in [6, 6.07) is 9.43. The van der Waals surface area contributed by atoms with E-state index in [-0.39, 0.29) is 6.54 Å². The molecule has 0 spiro atoms. The topological polar surface area (TPSA) is 49.4 Å². The van der Waals surface area contributed by atoms with E-state index in [0.29, 0.717) is 23.7 Å². The van der Waals surface area contributed by atoms with Crippen LogP contribution >= 0.6 is 11.6 Å². The van der Waals surface area contributed by atoms with Gasteiger partial charge in [-0.25, -0.2) is 17.2 Å². The Balaban J connectivity index is 2.05. The van der Waals surface area contributed by atoms with Gasteiger partial charge >= 0.3 is 0 Å². The number of hydrogen-bond donors (Lipinski definition) is 1. The second-order valence-electron chi connectivity index (χ2n) is 5.44. The number of hydrogen-bond acceptors (Lipinski definition) is 3. The van der Waals surface area contributed by atoms with Gasteiger partial charge in [0.15, 0.2) is 11.6 Å². The molecular weight excluding hydrogens is 358 g/mol. The number of halogens is 3. The van der Waals surface area contributed by atoms with Gasteiger partial charge < -0.3 is 5.32 Å². The number of nitrogens with zero attached hydrogens (tertiary/aromatic N) is 1. The van der Waals surface area contributed by atoms with E-state index in [1.165, 1.54) is 10.4 Å². The molecular formula is C16H15ClF2N2O2S. The van der Waals surface area contributed by atoms with Crippen LogP contribution in [-0.4, -0.2) is 32.4 Å². The van der Waals surface area contributed by atoms with E-state index in [2.05, 4.69) is 5.32 Å². The molecule has 0 bridgehead atoms. The van der Waals surface area contributed by atoms with Crippen LogP contribution in [0.5, 0.6) is 0 Å². The average molecular weight is 373 g/mol. The quantitative estimate of drug-likeness (QED) is 0.901. The van der Waals surface area contributed by atoms with Crippen molar-refractivity contribution in [3.63, 3.8) is 0 Å². The van der Waals surface area contributed by atoms with Gasteiger partial charge in [-0.15, -0.1) is 0 Å². The molecule has 1 aliphatic heterocycles. The normalized spacial score (nSPS) is 19.4. The summed E-state index contributed by atoms with van der Waals surface area (Å²) in [4.78, 5) is -0.656. The molecule has 1 unspecified atom stereocenters. The Morgan fingerprint density at radius 1 is 1.17 bits per heavy atom. The standard InChI is InChI=1S/C16H15ClF2N2O2S/c17-12-4-1-3-11(9-12)14-10-20-7-8-21(14)24(22,23)15-6-2-5-13(18)16(15)19/h1-6,9,14,20H,7-8,10H2. The molecule has 128 valence electrons. The summed E-state index contributed by atoms with van der Waals surface area (Å²) in [5.41, 5.74) is 0.690. The zero-order valence-electron chi connectivity index (χ0n) is 12.5. The molecule has 4 nitrogen and oxygen atoms in total. The molecule has 0 saturated carbocycles. The van der Waals surface area contributed by atoms with Crippen LogP contribution in [0, 0.1) is 11.6 Å². The third-order valence-electron chi connectivity index (χ3n) is 3.93. The summed E-state index contributed by atoms with van der Waals surface area (Å²) in [6.07, 6.45) is 0. The average Bonchev–Trinajstić information content (AvgIpc) is 2.57. The summed E-state index contributed by atoms with van der Waals surface area (Å²) in [5, 5.41) is 3.59. The molecule has 1 aliphatic rings. The summed E-state index contributed by atoms with van der Waals surface area (Å²) in [7, 11) is -4.19. The largest absolute Gasteiger partial charge is 0.313 e. The smallest absolute Gasteiger partial charge is 0.246 e. The van der Waals surface area contributed by atoms with Crippen LogP contribution in [0.4, 0.5) is 8.78 Å². The molecule has 8 heteroatoms. The van der Waals surface area contributed by atoms with Crippen molar-refractivity contribution in [2.24, 2.45) is 0 Å². The fraction of sp³-hybridized carbons (Fsp3) is 0.250. The van der Waals surface area contributed by atoms with Crippen LogP contribution in [0.25, 0.3) is 0 Å². The number of piperazine rings is 1. The van der Waals surface area contributed by atoms with E-state index in [4.69, 9.17) is 11.6 Å². The summed E-state index contributed by atoms with van der Waals surface area (Å²) >= 11 is 5.99. The van der Waals surface area contributed by atoms with E-state index in [1.807, 2.05) is 0 Å². The lowest BCUT2D eigenvalue weighted by Gasteiger charge is -2.35. The Morgan fingerprint density at radius 3 is 2.67 bits per heavy atom. The van der Waals surface area contributed by atoms with Gasteiger partial charge in [-0.1, -0.05) is 29.8 Å². The summed E-state index contributed by atoms with van der Waals surface area (Å²) in [5.74, 6) is -2.55. The minimum absolute atomic E-state index is 0.148. The fourth-order valence-electron chi connectivity index (χ4n) is 2.78. The van der Waals surface area contributed by atoms with Crippen LogP contribution in [0.15, 0.2) is 47.4 Å². The Morgan fingerprint density at radius 2 is 1.92 bits per heavy atom. The van der Waals surface area contributed by atoms with Crippen LogP contribution in [0.1, 0.15) is 11.6 Å². The van der Waals surface area contributed by atoms with Gasteiger partial charge in [-0.3, -0.25) is 0 Å². The van der Waals surface area contributed by atoms with Gasteiger partial charge in [0.25, 0.3) is 0 Å². The van der Waals surface area contributed by atoms with E-state index in [1.54, 1.807) is 24.3 Å². The molecule has 1 heterocycles. The predicted octanol–water partition coefficient (Wildman–Crippen LogP) is 2.95. The third-order valence-corrected chi connectivity index (χ3v) is 6.09. The maximum atomic E-state index is 14.0. The van der Waals surface area contributed by atoms with Crippen LogP contribution < -0.4 is 5.32 Å². The van der Waals surface area contributed by atoms with E-state index in [9.17, 15) is 17.2 Å². The molecule has 0 aromatic heterocycles. The lowest BCUT2D eigenvalue weighted by Crippen LogP contribution is -2.48. The van der Waals surface area contributed by atoms with Gasteiger partial charge in [0.1, 0.15) is 4.90 Å². The van der Waals surface area contributed by atoms with Gasteiger partial charge in [-0.05, 0) is 29.8 Å². The highest BCUT2D eigenvalue weighted by Crippen LogP contribution is 2.31. The van der Waals surface area contributed by atoms with Crippen molar-refractivity contribution in [3.05, 3.63) is 64.7 Å². The van der Waals surface area contributed by atoms with Crippen molar-refractivity contribution in [3.8, 4) is 0 Å². The van der Waals surface area contributed by atoms with Crippen LogP contribution in [0.3, 0.4) is 0 Å². The zero-order chi connectivity index (χ0) is 17.3.